The summed E-state index contributed by atoms with van der Waals surface area (Å²) in [4.78, 5) is 12.9. The second-order valence-corrected chi connectivity index (χ2v) is 4.33. The molecule has 0 aliphatic carbocycles. The van der Waals surface area contributed by atoms with E-state index in [1.54, 1.807) is 6.20 Å². The highest BCUT2D eigenvalue weighted by atomic mass is 35.5. The van der Waals surface area contributed by atoms with E-state index in [9.17, 15) is 0 Å². The van der Waals surface area contributed by atoms with Crippen molar-refractivity contribution in [3.8, 4) is 0 Å². The van der Waals surface area contributed by atoms with Crippen molar-refractivity contribution < 1.29 is 0 Å². The average Bonchev–Trinajstić information content (AvgIpc) is 2.41. The van der Waals surface area contributed by atoms with E-state index >= 15 is 0 Å². The van der Waals surface area contributed by atoms with Crippen molar-refractivity contribution in [2.24, 2.45) is 0 Å². The second kappa shape index (κ2) is 4.70. The number of rotatable bonds is 2. The second-order valence-electron chi connectivity index (χ2n) is 3.97. The van der Waals surface area contributed by atoms with Crippen LogP contribution in [-0.4, -0.2) is 15.0 Å². The molecule has 1 aromatic carbocycles. The first-order valence-electron chi connectivity index (χ1n) is 5.64. The van der Waals surface area contributed by atoms with Crippen molar-refractivity contribution >= 4 is 22.8 Å². The molecule has 3 rings (SSSR count). The van der Waals surface area contributed by atoms with Crippen LogP contribution in [-0.2, 0) is 6.42 Å². The number of pyridine rings is 1. The first kappa shape index (κ1) is 11.1. The number of halogens is 1. The predicted molar refractivity (Wildman–Crippen MR) is 71.6 cm³/mol. The first-order chi connectivity index (χ1) is 8.83. The molecule has 3 aromatic rings. The third kappa shape index (κ3) is 2.17. The molecule has 0 radical (unpaired) electrons. The fourth-order valence-corrected chi connectivity index (χ4v) is 2.00. The minimum absolute atomic E-state index is 0.421. The molecule has 0 fully saturated rings. The highest BCUT2D eigenvalue weighted by Crippen LogP contribution is 2.18. The minimum atomic E-state index is 0.421. The van der Waals surface area contributed by atoms with Crippen molar-refractivity contribution in [2.45, 2.75) is 6.42 Å². The molecule has 3 nitrogen and oxygen atoms in total. The maximum Gasteiger partial charge on any atom is 0.179 e. The Bertz CT molecular complexity index is 683. The van der Waals surface area contributed by atoms with Crippen LogP contribution in [0.4, 0.5) is 0 Å². The topological polar surface area (TPSA) is 38.7 Å². The van der Waals surface area contributed by atoms with E-state index in [-0.39, 0.29) is 0 Å². The number of hydrogen-bond acceptors (Lipinski definition) is 3. The standard InChI is InChI=1S/C14H10ClN3/c15-13-12(9-10-5-2-1-3-6-10)17-11-7-4-8-16-14(11)18-13/h1-8H,9H2. The third-order valence-electron chi connectivity index (χ3n) is 2.68. The lowest BCUT2D eigenvalue weighted by Gasteiger charge is -2.04. The van der Waals surface area contributed by atoms with Crippen LogP contribution >= 0.6 is 11.6 Å². The molecule has 4 heteroatoms. The van der Waals surface area contributed by atoms with Crippen molar-refractivity contribution in [2.75, 3.05) is 0 Å². The summed E-state index contributed by atoms with van der Waals surface area (Å²) in [5.74, 6) is 0. The maximum atomic E-state index is 6.14. The monoisotopic (exact) mass is 255 g/mol. The van der Waals surface area contributed by atoms with Crippen LogP contribution in [0, 0.1) is 0 Å². The summed E-state index contributed by atoms with van der Waals surface area (Å²) in [6.45, 7) is 0. The number of nitrogens with zero attached hydrogens (tertiary/aromatic N) is 3. The SMILES string of the molecule is Clc1nc2ncccc2nc1Cc1ccccc1. The Morgan fingerprint density at radius 1 is 0.944 bits per heavy atom. The van der Waals surface area contributed by atoms with Crippen LogP contribution in [0.1, 0.15) is 11.3 Å². The van der Waals surface area contributed by atoms with Crippen LogP contribution in [0.5, 0.6) is 0 Å². The lowest BCUT2D eigenvalue weighted by molar-refractivity contribution is 1.06. The summed E-state index contributed by atoms with van der Waals surface area (Å²) in [6, 6.07) is 13.8. The molecule has 0 amide bonds. The fourth-order valence-electron chi connectivity index (χ4n) is 1.81. The summed E-state index contributed by atoms with van der Waals surface area (Å²) >= 11 is 6.14. The Morgan fingerprint density at radius 2 is 1.78 bits per heavy atom. The van der Waals surface area contributed by atoms with Crippen molar-refractivity contribution in [1.82, 2.24) is 15.0 Å². The zero-order valence-electron chi connectivity index (χ0n) is 9.55. The lowest BCUT2D eigenvalue weighted by atomic mass is 10.1. The van der Waals surface area contributed by atoms with Gasteiger partial charge in [-0.15, -0.1) is 0 Å². The number of hydrogen-bond donors (Lipinski definition) is 0. The normalized spacial score (nSPS) is 10.7. The van der Waals surface area contributed by atoms with Crippen LogP contribution in [0.2, 0.25) is 5.15 Å². The maximum absolute atomic E-state index is 6.14. The predicted octanol–water partition coefficient (Wildman–Crippen LogP) is 3.27. The molecule has 0 N–H and O–H groups in total. The molecule has 2 heterocycles. The first-order valence-corrected chi connectivity index (χ1v) is 6.02. The smallest absolute Gasteiger partial charge is 0.179 e. The van der Waals surface area contributed by atoms with Gasteiger partial charge >= 0.3 is 0 Å². The quantitative estimate of drug-likeness (QED) is 0.705. The minimum Gasteiger partial charge on any atom is -0.246 e. The Hall–Kier alpha value is -2.00. The molecule has 18 heavy (non-hydrogen) atoms. The summed E-state index contributed by atoms with van der Waals surface area (Å²) in [6.07, 6.45) is 2.36. The average molecular weight is 256 g/mol. The van der Waals surface area contributed by atoms with E-state index in [0.717, 1.165) is 16.8 Å². The largest absolute Gasteiger partial charge is 0.246 e. The Balaban J connectivity index is 2.04. The molecule has 2 aromatic heterocycles. The van der Waals surface area contributed by atoms with Gasteiger partial charge in [0.15, 0.2) is 10.8 Å². The van der Waals surface area contributed by atoms with Gasteiger partial charge in [-0.3, -0.25) is 0 Å². The van der Waals surface area contributed by atoms with Gasteiger partial charge in [-0.1, -0.05) is 41.9 Å². The Labute approximate surface area is 109 Å². The van der Waals surface area contributed by atoms with E-state index in [0.29, 0.717) is 17.2 Å². The summed E-state index contributed by atoms with van der Waals surface area (Å²) in [5.41, 5.74) is 3.30. The summed E-state index contributed by atoms with van der Waals surface area (Å²) in [7, 11) is 0. The van der Waals surface area contributed by atoms with Crippen LogP contribution < -0.4 is 0 Å². The molecule has 0 aliphatic heterocycles. The molecule has 0 unspecified atom stereocenters. The molecule has 0 atom stereocenters. The van der Waals surface area contributed by atoms with E-state index in [4.69, 9.17) is 11.6 Å². The van der Waals surface area contributed by atoms with Crippen LogP contribution in [0.15, 0.2) is 48.7 Å². The fraction of sp³-hybridized carbons (Fsp3) is 0.0714. The molecule has 88 valence electrons. The van der Waals surface area contributed by atoms with Gasteiger partial charge in [-0.2, -0.15) is 0 Å². The molecule has 0 saturated carbocycles. The van der Waals surface area contributed by atoms with Gasteiger partial charge in [0, 0.05) is 12.6 Å². The van der Waals surface area contributed by atoms with E-state index in [1.807, 2.05) is 42.5 Å². The van der Waals surface area contributed by atoms with Gasteiger partial charge in [0.25, 0.3) is 0 Å². The van der Waals surface area contributed by atoms with Gasteiger partial charge in [-0.25, -0.2) is 15.0 Å². The van der Waals surface area contributed by atoms with Gasteiger partial charge in [0.2, 0.25) is 0 Å². The van der Waals surface area contributed by atoms with Gasteiger partial charge < -0.3 is 0 Å². The van der Waals surface area contributed by atoms with Gasteiger partial charge in [0.05, 0.1) is 5.69 Å². The summed E-state index contributed by atoms with van der Waals surface area (Å²) in [5, 5.41) is 0.421. The van der Waals surface area contributed by atoms with Gasteiger partial charge in [-0.05, 0) is 17.7 Å². The lowest BCUT2D eigenvalue weighted by Crippen LogP contribution is -1.98. The van der Waals surface area contributed by atoms with E-state index in [2.05, 4.69) is 15.0 Å². The zero-order chi connectivity index (χ0) is 12.4. The van der Waals surface area contributed by atoms with E-state index in [1.165, 1.54) is 0 Å². The highest BCUT2D eigenvalue weighted by molar-refractivity contribution is 6.30. The molecule has 0 saturated heterocycles. The van der Waals surface area contributed by atoms with Crippen molar-refractivity contribution in [3.63, 3.8) is 0 Å². The molecular weight excluding hydrogens is 246 g/mol. The zero-order valence-corrected chi connectivity index (χ0v) is 10.3. The highest BCUT2D eigenvalue weighted by Gasteiger charge is 2.07. The number of fused-ring (bicyclic) bond motifs is 1. The van der Waals surface area contributed by atoms with Crippen LogP contribution in [0.3, 0.4) is 0 Å². The van der Waals surface area contributed by atoms with Crippen LogP contribution in [0.25, 0.3) is 11.2 Å². The third-order valence-corrected chi connectivity index (χ3v) is 2.98. The molecular formula is C14H10ClN3. The molecule has 0 spiro atoms. The van der Waals surface area contributed by atoms with E-state index < -0.39 is 0 Å². The number of aromatic nitrogens is 3. The number of benzene rings is 1. The Kier molecular flexibility index (Phi) is 2.90. The van der Waals surface area contributed by atoms with Gasteiger partial charge in [0.1, 0.15) is 5.52 Å². The molecule has 0 bridgehead atoms. The summed E-state index contributed by atoms with van der Waals surface area (Å²) < 4.78 is 0. The van der Waals surface area contributed by atoms with Crippen molar-refractivity contribution in [1.29, 1.82) is 0 Å². The Morgan fingerprint density at radius 3 is 2.61 bits per heavy atom. The van der Waals surface area contributed by atoms with Crippen molar-refractivity contribution in [3.05, 3.63) is 65.1 Å². The molecule has 0 aliphatic rings.